The summed E-state index contributed by atoms with van der Waals surface area (Å²) in [6.45, 7) is 5.70. The number of carbonyl (C=O) groups is 1. The van der Waals surface area contributed by atoms with Gasteiger partial charge in [-0.05, 0) is 37.4 Å². The maximum atomic E-state index is 12.1. The standard InChI is InChI=1S/C16H24N2O2/c1-2-20-12-15-7-4-3-6-13(15)11-18-16(19)14-8-5-9-17-10-14/h3-4,6-7,14,17H,2,5,8-12H2,1H3,(H,18,19). The number of amides is 1. The molecule has 1 amide bonds. The molecule has 20 heavy (non-hydrogen) atoms. The molecule has 1 aromatic rings. The lowest BCUT2D eigenvalue weighted by atomic mass is 9.98. The molecule has 1 heterocycles. The first-order valence-corrected chi connectivity index (χ1v) is 7.44. The Kier molecular flexibility index (Phi) is 6.02. The van der Waals surface area contributed by atoms with Crippen molar-refractivity contribution in [1.82, 2.24) is 10.6 Å². The SMILES string of the molecule is CCOCc1ccccc1CNC(=O)C1CCCNC1. The molecule has 1 aromatic carbocycles. The smallest absolute Gasteiger partial charge is 0.224 e. The van der Waals surface area contributed by atoms with Crippen molar-refractivity contribution in [2.75, 3.05) is 19.7 Å². The van der Waals surface area contributed by atoms with E-state index in [9.17, 15) is 4.79 Å². The molecular formula is C16H24N2O2. The van der Waals surface area contributed by atoms with E-state index in [1.165, 1.54) is 0 Å². The predicted octanol–water partition coefficient (Wildman–Crippen LogP) is 1.84. The van der Waals surface area contributed by atoms with Crippen LogP contribution in [0, 0.1) is 5.92 Å². The van der Waals surface area contributed by atoms with Crippen molar-refractivity contribution < 1.29 is 9.53 Å². The predicted molar refractivity (Wildman–Crippen MR) is 79.2 cm³/mol. The molecule has 1 fully saturated rings. The Labute approximate surface area is 120 Å². The van der Waals surface area contributed by atoms with Gasteiger partial charge >= 0.3 is 0 Å². The second-order valence-electron chi connectivity index (χ2n) is 5.17. The van der Waals surface area contributed by atoms with Gasteiger partial charge < -0.3 is 15.4 Å². The van der Waals surface area contributed by atoms with Gasteiger partial charge in [0.15, 0.2) is 0 Å². The van der Waals surface area contributed by atoms with Crippen LogP contribution in [0.15, 0.2) is 24.3 Å². The Hall–Kier alpha value is -1.39. The van der Waals surface area contributed by atoms with Crippen molar-refractivity contribution in [1.29, 1.82) is 0 Å². The van der Waals surface area contributed by atoms with Crippen LogP contribution in [0.25, 0.3) is 0 Å². The highest BCUT2D eigenvalue weighted by Crippen LogP contribution is 2.12. The molecule has 1 saturated heterocycles. The van der Waals surface area contributed by atoms with Gasteiger partial charge in [-0.15, -0.1) is 0 Å². The van der Waals surface area contributed by atoms with Crippen LogP contribution in [-0.4, -0.2) is 25.6 Å². The van der Waals surface area contributed by atoms with E-state index in [2.05, 4.69) is 16.7 Å². The molecular weight excluding hydrogens is 252 g/mol. The largest absolute Gasteiger partial charge is 0.377 e. The highest BCUT2D eigenvalue weighted by molar-refractivity contribution is 5.79. The summed E-state index contributed by atoms with van der Waals surface area (Å²) in [7, 11) is 0. The zero-order valence-electron chi connectivity index (χ0n) is 12.2. The first-order chi connectivity index (χ1) is 9.81. The zero-order chi connectivity index (χ0) is 14.2. The fourth-order valence-corrected chi connectivity index (χ4v) is 2.49. The van der Waals surface area contributed by atoms with Crippen LogP contribution in [0.4, 0.5) is 0 Å². The first kappa shape index (κ1) is 15.0. The van der Waals surface area contributed by atoms with Crippen molar-refractivity contribution in [3.05, 3.63) is 35.4 Å². The van der Waals surface area contributed by atoms with Crippen molar-refractivity contribution in [2.45, 2.75) is 32.9 Å². The first-order valence-electron chi connectivity index (χ1n) is 7.44. The van der Waals surface area contributed by atoms with Crippen LogP contribution >= 0.6 is 0 Å². The quantitative estimate of drug-likeness (QED) is 0.833. The minimum atomic E-state index is 0.114. The molecule has 0 spiro atoms. The lowest BCUT2D eigenvalue weighted by Crippen LogP contribution is -2.40. The third-order valence-electron chi connectivity index (χ3n) is 3.70. The molecule has 4 nitrogen and oxygen atoms in total. The lowest BCUT2D eigenvalue weighted by molar-refractivity contribution is -0.125. The van der Waals surface area contributed by atoms with E-state index in [1.54, 1.807) is 0 Å². The molecule has 0 radical (unpaired) electrons. The van der Waals surface area contributed by atoms with E-state index in [4.69, 9.17) is 4.74 Å². The van der Waals surface area contributed by atoms with E-state index in [-0.39, 0.29) is 11.8 Å². The summed E-state index contributed by atoms with van der Waals surface area (Å²) in [5, 5.41) is 6.32. The van der Waals surface area contributed by atoms with Gasteiger partial charge in [-0.25, -0.2) is 0 Å². The third kappa shape index (κ3) is 4.32. The van der Waals surface area contributed by atoms with Gasteiger partial charge in [0.05, 0.1) is 12.5 Å². The summed E-state index contributed by atoms with van der Waals surface area (Å²) in [4.78, 5) is 12.1. The maximum absolute atomic E-state index is 12.1. The van der Waals surface area contributed by atoms with Gasteiger partial charge in [0.25, 0.3) is 0 Å². The number of rotatable bonds is 6. The van der Waals surface area contributed by atoms with E-state index in [0.29, 0.717) is 19.8 Å². The van der Waals surface area contributed by atoms with Crippen LogP contribution in [0.5, 0.6) is 0 Å². The summed E-state index contributed by atoms with van der Waals surface area (Å²) in [6, 6.07) is 8.11. The Morgan fingerprint density at radius 2 is 2.20 bits per heavy atom. The normalized spacial score (nSPS) is 18.8. The van der Waals surface area contributed by atoms with E-state index in [0.717, 1.165) is 37.1 Å². The molecule has 0 saturated carbocycles. The van der Waals surface area contributed by atoms with Gasteiger partial charge in [-0.3, -0.25) is 4.79 Å². The number of carbonyl (C=O) groups excluding carboxylic acids is 1. The topological polar surface area (TPSA) is 50.4 Å². The number of piperidine rings is 1. The fraction of sp³-hybridized carbons (Fsp3) is 0.562. The molecule has 0 aliphatic carbocycles. The van der Waals surface area contributed by atoms with Gasteiger partial charge in [0.1, 0.15) is 0 Å². The van der Waals surface area contributed by atoms with Crippen LogP contribution in [0.1, 0.15) is 30.9 Å². The summed E-state index contributed by atoms with van der Waals surface area (Å²) in [5.41, 5.74) is 2.29. The van der Waals surface area contributed by atoms with Crippen LogP contribution in [0.2, 0.25) is 0 Å². The van der Waals surface area contributed by atoms with Gasteiger partial charge in [-0.2, -0.15) is 0 Å². The van der Waals surface area contributed by atoms with Gasteiger partial charge in [-0.1, -0.05) is 24.3 Å². The molecule has 1 unspecified atom stereocenters. The number of nitrogens with one attached hydrogen (secondary N) is 2. The number of ether oxygens (including phenoxy) is 1. The molecule has 1 aliphatic heterocycles. The minimum absolute atomic E-state index is 0.114. The summed E-state index contributed by atoms with van der Waals surface area (Å²) in [6.07, 6.45) is 2.07. The zero-order valence-corrected chi connectivity index (χ0v) is 12.2. The van der Waals surface area contributed by atoms with Crippen molar-refractivity contribution in [3.8, 4) is 0 Å². The highest BCUT2D eigenvalue weighted by Gasteiger charge is 2.20. The van der Waals surface area contributed by atoms with Crippen molar-refractivity contribution in [2.24, 2.45) is 5.92 Å². The minimum Gasteiger partial charge on any atom is -0.377 e. The molecule has 1 atom stereocenters. The second kappa shape index (κ2) is 8.02. The van der Waals surface area contributed by atoms with Crippen molar-refractivity contribution in [3.63, 3.8) is 0 Å². The highest BCUT2D eigenvalue weighted by atomic mass is 16.5. The van der Waals surface area contributed by atoms with Crippen LogP contribution in [-0.2, 0) is 22.7 Å². The Balaban J connectivity index is 1.87. The summed E-state index contributed by atoms with van der Waals surface area (Å²) >= 11 is 0. The lowest BCUT2D eigenvalue weighted by Gasteiger charge is -2.22. The number of hydrogen-bond acceptors (Lipinski definition) is 3. The average molecular weight is 276 g/mol. The molecule has 2 rings (SSSR count). The second-order valence-corrected chi connectivity index (χ2v) is 5.17. The van der Waals surface area contributed by atoms with Crippen molar-refractivity contribution >= 4 is 5.91 Å². The number of hydrogen-bond donors (Lipinski definition) is 2. The molecule has 0 bridgehead atoms. The van der Waals surface area contributed by atoms with E-state index in [1.807, 2.05) is 25.1 Å². The molecule has 1 aliphatic rings. The summed E-state index contributed by atoms with van der Waals surface area (Å²) < 4.78 is 5.46. The Morgan fingerprint density at radius 3 is 2.90 bits per heavy atom. The monoisotopic (exact) mass is 276 g/mol. The summed E-state index contributed by atoms with van der Waals surface area (Å²) in [5.74, 6) is 0.270. The van der Waals surface area contributed by atoms with Crippen LogP contribution < -0.4 is 10.6 Å². The van der Waals surface area contributed by atoms with Gasteiger partial charge in [0.2, 0.25) is 5.91 Å². The Bertz CT molecular complexity index is 428. The Morgan fingerprint density at radius 1 is 1.40 bits per heavy atom. The number of benzene rings is 1. The third-order valence-corrected chi connectivity index (χ3v) is 3.70. The fourth-order valence-electron chi connectivity index (χ4n) is 2.49. The molecule has 0 aromatic heterocycles. The molecule has 2 N–H and O–H groups in total. The average Bonchev–Trinajstić information content (AvgIpc) is 2.52. The van der Waals surface area contributed by atoms with E-state index >= 15 is 0 Å². The maximum Gasteiger partial charge on any atom is 0.224 e. The van der Waals surface area contributed by atoms with Crippen LogP contribution in [0.3, 0.4) is 0 Å². The van der Waals surface area contributed by atoms with Gasteiger partial charge in [0, 0.05) is 19.7 Å². The molecule has 110 valence electrons. The molecule has 4 heteroatoms. The van der Waals surface area contributed by atoms with E-state index < -0.39 is 0 Å².